The molecule has 5 heteroatoms. The second kappa shape index (κ2) is 7.78. The number of anilines is 1. The quantitative estimate of drug-likeness (QED) is 0.720. The lowest BCUT2D eigenvalue weighted by molar-refractivity contribution is -0.141. The van der Waals surface area contributed by atoms with Crippen LogP contribution in [0.1, 0.15) is 31.4 Å². The molecule has 3 N–H and O–H groups in total. The van der Waals surface area contributed by atoms with Crippen molar-refractivity contribution < 1.29 is 14.7 Å². The average molecular weight is 292 g/mol. The van der Waals surface area contributed by atoms with E-state index in [-0.39, 0.29) is 12.3 Å². The van der Waals surface area contributed by atoms with Gasteiger partial charge in [-0.2, -0.15) is 0 Å². The number of carbonyl (C=O) groups is 2. The number of amides is 1. The van der Waals surface area contributed by atoms with E-state index in [1.807, 2.05) is 45.9 Å². The van der Waals surface area contributed by atoms with Crippen LogP contribution in [0.4, 0.5) is 5.69 Å². The molecule has 21 heavy (non-hydrogen) atoms. The number of aliphatic carboxylic acids is 1. The summed E-state index contributed by atoms with van der Waals surface area (Å²) in [5, 5.41) is 14.8. The highest BCUT2D eigenvalue weighted by atomic mass is 16.4. The van der Waals surface area contributed by atoms with E-state index in [4.69, 9.17) is 5.11 Å². The summed E-state index contributed by atoms with van der Waals surface area (Å²) < 4.78 is 0. The van der Waals surface area contributed by atoms with E-state index in [1.165, 1.54) is 0 Å². The molecule has 0 bridgehead atoms. The molecule has 5 nitrogen and oxygen atoms in total. The number of benzene rings is 1. The van der Waals surface area contributed by atoms with Crippen molar-refractivity contribution in [2.24, 2.45) is 5.92 Å². The summed E-state index contributed by atoms with van der Waals surface area (Å²) in [5.41, 5.74) is 2.80. The molecule has 0 saturated heterocycles. The van der Waals surface area contributed by atoms with Gasteiger partial charge in [0, 0.05) is 5.69 Å². The molecule has 0 aliphatic carbocycles. The summed E-state index contributed by atoms with van der Waals surface area (Å²) >= 11 is 0. The van der Waals surface area contributed by atoms with Crippen molar-refractivity contribution in [3.8, 4) is 0 Å². The maximum atomic E-state index is 12.0. The maximum Gasteiger partial charge on any atom is 0.321 e. The average Bonchev–Trinajstić information content (AvgIpc) is 2.37. The van der Waals surface area contributed by atoms with Crippen molar-refractivity contribution in [1.82, 2.24) is 5.32 Å². The molecule has 1 aromatic rings. The van der Waals surface area contributed by atoms with Gasteiger partial charge in [-0.15, -0.1) is 0 Å². The zero-order valence-electron chi connectivity index (χ0n) is 13.1. The first kappa shape index (κ1) is 17.2. The Morgan fingerprint density at radius 3 is 2.43 bits per heavy atom. The van der Waals surface area contributed by atoms with E-state index in [2.05, 4.69) is 10.6 Å². The molecule has 0 heterocycles. The molecule has 0 saturated carbocycles. The Kier molecular flexibility index (Phi) is 6.37. The third-order valence-electron chi connectivity index (χ3n) is 3.12. The first-order valence-electron chi connectivity index (χ1n) is 7.13. The number of nitrogens with one attached hydrogen (secondary N) is 2. The summed E-state index contributed by atoms with van der Waals surface area (Å²) in [4.78, 5) is 23.2. The van der Waals surface area contributed by atoms with Gasteiger partial charge in [-0.3, -0.25) is 9.59 Å². The molecule has 0 radical (unpaired) electrons. The fourth-order valence-electron chi connectivity index (χ4n) is 1.97. The molecule has 0 fully saturated rings. The minimum Gasteiger partial charge on any atom is -0.480 e. The molecule has 1 unspecified atom stereocenters. The predicted octanol–water partition coefficient (Wildman–Crippen LogP) is 2.33. The van der Waals surface area contributed by atoms with Crippen LogP contribution in [0.3, 0.4) is 0 Å². The van der Waals surface area contributed by atoms with Gasteiger partial charge in [0.05, 0.1) is 6.42 Å². The number of hydrogen-bond acceptors (Lipinski definition) is 3. The normalized spacial score (nSPS) is 12.2. The van der Waals surface area contributed by atoms with Gasteiger partial charge < -0.3 is 15.7 Å². The second-order valence-electron chi connectivity index (χ2n) is 5.76. The number of rotatable bonds is 7. The Morgan fingerprint density at radius 1 is 1.24 bits per heavy atom. The van der Waals surface area contributed by atoms with Crippen LogP contribution < -0.4 is 10.6 Å². The molecule has 1 amide bonds. The second-order valence-corrected chi connectivity index (χ2v) is 5.76. The van der Waals surface area contributed by atoms with Crippen LogP contribution in [0.2, 0.25) is 0 Å². The van der Waals surface area contributed by atoms with Crippen molar-refractivity contribution in [2.75, 3.05) is 11.9 Å². The summed E-state index contributed by atoms with van der Waals surface area (Å²) in [6.45, 7) is 8.43. The van der Waals surface area contributed by atoms with Crippen LogP contribution in [0, 0.1) is 19.8 Å². The van der Waals surface area contributed by atoms with E-state index in [1.54, 1.807) is 0 Å². The molecule has 1 rings (SSSR count). The fourth-order valence-corrected chi connectivity index (χ4v) is 1.97. The number of carboxylic acids is 1. The molecule has 1 aromatic carbocycles. The molecule has 1 atom stereocenters. The van der Waals surface area contributed by atoms with Crippen molar-refractivity contribution in [3.63, 3.8) is 0 Å². The lowest BCUT2D eigenvalue weighted by Crippen LogP contribution is -2.41. The van der Waals surface area contributed by atoms with Gasteiger partial charge in [-0.1, -0.05) is 31.5 Å². The summed E-state index contributed by atoms with van der Waals surface area (Å²) in [5.74, 6) is -0.980. The Balaban J connectivity index is 2.63. The lowest BCUT2D eigenvalue weighted by atomic mass is 10.1. The molecule has 0 spiro atoms. The third-order valence-corrected chi connectivity index (χ3v) is 3.12. The van der Waals surface area contributed by atoms with Gasteiger partial charge in [0.25, 0.3) is 0 Å². The zero-order valence-corrected chi connectivity index (χ0v) is 13.1. The molecule has 116 valence electrons. The van der Waals surface area contributed by atoms with Crippen LogP contribution in [0.5, 0.6) is 0 Å². The standard InChI is InChI=1S/C16H24N2O3/c1-10(2)9-17-14(16(20)21)8-15(19)18-13-6-5-11(3)7-12(13)4/h5-7,10,14,17H,8-9H2,1-4H3,(H,18,19)(H,20,21). The van der Waals surface area contributed by atoms with Crippen LogP contribution in [0.25, 0.3) is 0 Å². The van der Waals surface area contributed by atoms with Gasteiger partial charge in [-0.05, 0) is 37.9 Å². The van der Waals surface area contributed by atoms with E-state index >= 15 is 0 Å². The minimum atomic E-state index is -1.01. The van der Waals surface area contributed by atoms with Crippen molar-refractivity contribution in [2.45, 2.75) is 40.2 Å². The smallest absolute Gasteiger partial charge is 0.321 e. The zero-order chi connectivity index (χ0) is 16.0. The van der Waals surface area contributed by atoms with Gasteiger partial charge in [-0.25, -0.2) is 0 Å². The molecule has 0 aliphatic heterocycles. The predicted molar refractivity (Wildman–Crippen MR) is 83.4 cm³/mol. The summed E-state index contributed by atoms with van der Waals surface area (Å²) in [6.07, 6.45) is -0.0879. The Morgan fingerprint density at radius 2 is 1.90 bits per heavy atom. The number of hydrogen-bond donors (Lipinski definition) is 3. The Labute approximate surface area is 125 Å². The van der Waals surface area contributed by atoms with Gasteiger partial charge >= 0.3 is 5.97 Å². The summed E-state index contributed by atoms with van der Waals surface area (Å²) in [7, 11) is 0. The van der Waals surface area contributed by atoms with E-state index < -0.39 is 12.0 Å². The third kappa shape index (κ3) is 5.95. The lowest BCUT2D eigenvalue weighted by Gasteiger charge is -2.16. The number of carbonyl (C=O) groups excluding carboxylic acids is 1. The Hall–Kier alpha value is -1.88. The fraction of sp³-hybridized carbons (Fsp3) is 0.500. The monoisotopic (exact) mass is 292 g/mol. The molecular weight excluding hydrogens is 268 g/mol. The van der Waals surface area contributed by atoms with Crippen molar-refractivity contribution in [3.05, 3.63) is 29.3 Å². The largest absolute Gasteiger partial charge is 0.480 e. The van der Waals surface area contributed by atoms with Gasteiger partial charge in [0.1, 0.15) is 6.04 Å². The maximum absolute atomic E-state index is 12.0. The van der Waals surface area contributed by atoms with Crippen molar-refractivity contribution in [1.29, 1.82) is 0 Å². The first-order chi connectivity index (χ1) is 9.79. The van der Waals surface area contributed by atoms with Crippen LogP contribution in [-0.2, 0) is 9.59 Å². The highest BCUT2D eigenvalue weighted by molar-refractivity contribution is 5.94. The van der Waals surface area contributed by atoms with Gasteiger partial charge in [0.2, 0.25) is 5.91 Å². The van der Waals surface area contributed by atoms with Crippen molar-refractivity contribution >= 4 is 17.6 Å². The van der Waals surface area contributed by atoms with Crippen LogP contribution in [0.15, 0.2) is 18.2 Å². The van der Waals surface area contributed by atoms with E-state index in [0.29, 0.717) is 12.5 Å². The molecule has 0 aliphatic rings. The summed E-state index contributed by atoms with van der Waals surface area (Å²) in [6, 6.07) is 4.85. The van der Waals surface area contributed by atoms with Gasteiger partial charge in [0.15, 0.2) is 0 Å². The molecule has 0 aromatic heterocycles. The van der Waals surface area contributed by atoms with E-state index in [0.717, 1.165) is 16.8 Å². The minimum absolute atomic E-state index is 0.0879. The van der Waals surface area contributed by atoms with Crippen LogP contribution >= 0.6 is 0 Å². The first-order valence-corrected chi connectivity index (χ1v) is 7.13. The topological polar surface area (TPSA) is 78.4 Å². The Bertz CT molecular complexity index is 512. The van der Waals surface area contributed by atoms with Crippen LogP contribution in [-0.4, -0.2) is 29.6 Å². The highest BCUT2D eigenvalue weighted by Gasteiger charge is 2.21. The number of aryl methyl sites for hydroxylation is 2. The highest BCUT2D eigenvalue weighted by Crippen LogP contribution is 2.16. The number of carboxylic acid groups (broad SMARTS) is 1. The molecular formula is C16H24N2O3. The van der Waals surface area contributed by atoms with E-state index in [9.17, 15) is 9.59 Å². The SMILES string of the molecule is Cc1ccc(NC(=O)CC(NCC(C)C)C(=O)O)c(C)c1.